The van der Waals surface area contributed by atoms with Crippen molar-refractivity contribution in [2.24, 2.45) is 0 Å². The van der Waals surface area contributed by atoms with Gasteiger partial charge in [-0.1, -0.05) is 0 Å². The van der Waals surface area contributed by atoms with E-state index in [9.17, 15) is 4.79 Å². The summed E-state index contributed by atoms with van der Waals surface area (Å²) in [4.78, 5) is 15.7. The van der Waals surface area contributed by atoms with Gasteiger partial charge in [0.2, 0.25) is 0 Å². The first-order valence-electron chi connectivity index (χ1n) is 7.07. The summed E-state index contributed by atoms with van der Waals surface area (Å²) in [7, 11) is 0. The molecule has 118 valence electrons. The number of carbonyl (C=O) groups is 1. The molecule has 0 unspecified atom stereocenters. The molecule has 0 saturated heterocycles. The number of hydrogen-bond acceptors (Lipinski definition) is 5. The first-order valence-corrected chi connectivity index (χ1v) is 7.07. The third-order valence-corrected chi connectivity index (χ3v) is 2.46. The van der Waals surface area contributed by atoms with Crippen molar-refractivity contribution in [1.82, 2.24) is 10.3 Å². The Hall–Kier alpha value is -1.82. The van der Waals surface area contributed by atoms with Gasteiger partial charge in [0.1, 0.15) is 18.0 Å². The third-order valence-electron chi connectivity index (χ3n) is 2.46. The number of amides is 1. The number of rotatable bonds is 7. The van der Waals surface area contributed by atoms with Crippen molar-refractivity contribution in [3.8, 4) is 5.75 Å². The molecule has 0 radical (unpaired) electrons. The van der Waals surface area contributed by atoms with Gasteiger partial charge in [0.15, 0.2) is 0 Å². The Morgan fingerprint density at radius 1 is 1.43 bits per heavy atom. The number of pyridine rings is 1. The molecule has 0 spiro atoms. The lowest BCUT2D eigenvalue weighted by molar-refractivity contribution is 0.0527. The highest BCUT2D eigenvalue weighted by molar-refractivity contribution is 5.67. The van der Waals surface area contributed by atoms with Crippen LogP contribution in [0.1, 0.15) is 32.9 Å². The number of aromatic nitrogens is 1. The molecule has 0 fully saturated rings. The van der Waals surface area contributed by atoms with Crippen LogP contribution in [0, 0.1) is 0 Å². The van der Waals surface area contributed by atoms with Gasteiger partial charge < -0.3 is 19.9 Å². The van der Waals surface area contributed by atoms with Crippen LogP contribution in [-0.4, -0.2) is 41.5 Å². The van der Waals surface area contributed by atoms with Crippen molar-refractivity contribution >= 4 is 6.09 Å². The fourth-order valence-corrected chi connectivity index (χ4v) is 1.66. The molecule has 1 heterocycles. The van der Waals surface area contributed by atoms with E-state index in [1.807, 2.05) is 26.8 Å². The maximum atomic E-state index is 11.5. The molecule has 1 rings (SSSR count). The van der Waals surface area contributed by atoms with Gasteiger partial charge in [0, 0.05) is 12.7 Å². The molecule has 1 amide bonds. The van der Waals surface area contributed by atoms with E-state index in [2.05, 4.69) is 10.3 Å². The Bertz CT molecular complexity index is 444. The third kappa shape index (κ3) is 7.51. The van der Waals surface area contributed by atoms with Crippen molar-refractivity contribution in [1.29, 1.82) is 0 Å². The minimum absolute atomic E-state index is 0.0332. The fraction of sp³-hybridized carbons (Fsp3) is 0.600. The van der Waals surface area contributed by atoms with E-state index in [0.29, 0.717) is 18.7 Å². The van der Waals surface area contributed by atoms with Crippen molar-refractivity contribution in [2.75, 3.05) is 19.8 Å². The molecule has 1 aromatic heterocycles. The average Bonchev–Trinajstić information content (AvgIpc) is 2.40. The van der Waals surface area contributed by atoms with Gasteiger partial charge in [-0.3, -0.25) is 4.98 Å². The Morgan fingerprint density at radius 2 is 2.19 bits per heavy atom. The summed E-state index contributed by atoms with van der Waals surface area (Å²) in [5.41, 5.74) is 0.327. The van der Waals surface area contributed by atoms with E-state index in [0.717, 1.165) is 12.1 Å². The fourth-order valence-electron chi connectivity index (χ4n) is 1.66. The van der Waals surface area contributed by atoms with Crippen LogP contribution in [0.15, 0.2) is 18.3 Å². The first kappa shape index (κ1) is 17.2. The smallest absolute Gasteiger partial charge is 0.407 e. The van der Waals surface area contributed by atoms with Gasteiger partial charge in [-0.05, 0) is 45.7 Å². The molecule has 0 aliphatic rings. The normalized spacial score (nSPS) is 11.0. The molecule has 0 saturated carbocycles. The van der Waals surface area contributed by atoms with E-state index < -0.39 is 11.7 Å². The zero-order valence-corrected chi connectivity index (χ0v) is 12.9. The van der Waals surface area contributed by atoms with Crippen LogP contribution in [0.25, 0.3) is 0 Å². The number of aryl methyl sites for hydroxylation is 1. The van der Waals surface area contributed by atoms with Gasteiger partial charge in [0.05, 0.1) is 12.3 Å². The molecule has 0 atom stereocenters. The summed E-state index contributed by atoms with van der Waals surface area (Å²) in [6.45, 7) is 6.19. The first-order chi connectivity index (χ1) is 9.92. The van der Waals surface area contributed by atoms with E-state index in [-0.39, 0.29) is 13.2 Å². The molecule has 0 aliphatic carbocycles. The lowest BCUT2D eigenvalue weighted by Crippen LogP contribution is -2.33. The molecule has 1 aromatic rings. The van der Waals surface area contributed by atoms with Crippen molar-refractivity contribution in [2.45, 2.75) is 39.2 Å². The summed E-state index contributed by atoms with van der Waals surface area (Å²) < 4.78 is 10.6. The molecule has 21 heavy (non-hydrogen) atoms. The van der Waals surface area contributed by atoms with Crippen molar-refractivity contribution in [3.05, 3.63) is 24.0 Å². The zero-order chi connectivity index (χ0) is 15.7. The zero-order valence-electron chi connectivity index (χ0n) is 12.9. The van der Waals surface area contributed by atoms with Crippen LogP contribution in [0.2, 0.25) is 0 Å². The number of ether oxygens (including phenoxy) is 2. The standard InChI is InChI=1S/C15H24N2O4/c1-15(2,3)21-14(19)17-9-4-6-12-13(20-11-10-18)7-5-8-16-12/h5,7-8,18H,4,6,9-11H2,1-3H3,(H,17,19). The molecule has 0 aliphatic heterocycles. The second-order valence-electron chi connectivity index (χ2n) is 5.55. The highest BCUT2D eigenvalue weighted by Gasteiger charge is 2.15. The Labute approximate surface area is 125 Å². The Morgan fingerprint density at radius 3 is 2.86 bits per heavy atom. The number of alkyl carbamates (subject to hydrolysis) is 1. The molecule has 6 heteroatoms. The minimum Gasteiger partial charge on any atom is -0.489 e. The monoisotopic (exact) mass is 296 g/mol. The number of hydrogen-bond donors (Lipinski definition) is 2. The maximum Gasteiger partial charge on any atom is 0.407 e. The average molecular weight is 296 g/mol. The van der Waals surface area contributed by atoms with Crippen LogP contribution >= 0.6 is 0 Å². The van der Waals surface area contributed by atoms with Gasteiger partial charge in [-0.2, -0.15) is 0 Å². The molecule has 0 bridgehead atoms. The van der Waals surface area contributed by atoms with Gasteiger partial charge in [0.25, 0.3) is 0 Å². The van der Waals surface area contributed by atoms with E-state index in [1.54, 1.807) is 12.3 Å². The van der Waals surface area contributed by atoms with Crippen LogP contribution in [-0.2, 0) is 11.2 Å². The summed E-state index contributed by atoms with van der Waals surface area (Å²) in [6.07, 6.45) is 2.69. The van der Waals surface area contributed by atoms with Crippen molar-refractivity contribution < 1.29 is 19.4 Å². The maximum absolute atomic E-state index is 11.5. The quantitative estimate of drug-likeness (QED) is 0.751. The highest BCUT2D eigenvalue weighted by Crippen LogP contribution is 2.16. The molecular weight excluding hydrogens is 272 g/mol. The van der Waals surface area contributed by atoms with Gasteiger partial charge in [-0.15, -0.1) is 0 Å². The van der Waals surface area contributed by atoms with Crippen molar-refractivity contribution in [3.63, 3.8) is 0 Å². The number of carbonyl (C=O) groups excluding carboxylic acids is 1. The van der Waals surface area contributed by atoms with Gasteiger partial charge in [-0.25, -0.2) is 4.79 Å². The second kappa shape index (κ2) is 8.46. The molecule has 6 nitrogen and oxygen atoms in total. The SMILES string of the molecule is CC(C)(C)OC(=O)NCCCc1ncccc1OCCO. The largest absolute Gasteiger partial charge is 0.489 e. The summed E-state index contributed by atoms with van der Waals surface area (Å²) in [6, 6.07) is 3.61. The highest BCUT2D eigenvalue weighted by atomic mass is 16.6. The van der Waals surface area contributed by atoms with Crippen LogP contribution in [0.5, 0.6) is 5.75 Å². The lowest BCUT2D eigenvalue weighted by Gasteiger charge is -2.19. The number of nitrogens with zero attached hydrogens (tertiary/aromatic N) is 1. The van der Waals surface area contributed by atoms with Crippen LogP contribution in [0.3, 0.4) is 0 Å². The minimum atomic E-state index is -0.490. The molecule has 0 aromatic carbocycles. The van der Waals surface area contributed by atoms with Crippen LogP contribution < -0.4 is 10.1 Å². The predicted molar refractivity (Wildman–Crippen MR) is 79.4 cm³/mol. The second-order valence-corrected chi connectivity index (χ2v) is 5.55. The lowest BCUT2D eigenvalue weighted by atomic mass is 10.2. The summed E-state index contributed by atoms with van der Waals surface area (Å²) in [5, 5.41) is 11.5. The summed E-state index contributed by atoms with van der Waals surface area (Å²) >= 11 is 0. The van der Waals surface area contributed by atoms with E-state index in [1.165, 1.54) is 0 Å². The summed E-state index contributed by atoms with van der Waals surface area (Å²) in [5.74, 6) is 0.670. The Balaban J connectivity index is 2.34. The topological polar surface area (TPSA) is 80.7 Å². The number of aliphatic hydroxyl groups is 1. The van der Waals surface area contributed by atoms with Crippen LogP contribution in [0.4, 0.5) is 4.79 Å². The predicted octanol–water partition coefficient (Wildman–Crippen LogP) is 1.91. The van der Waals surface area contributed by atoms with E-state index in [4.69, 9.17) is 14.6 Å². The molecular formula is C15H24N2O4. The van der Waals surface area contributed by atoms with Gasteiger partial charge >= 0.3 is 6.09 Å². The van der Waals surface area contributed by atoms with E-state index >= 15 is 0 Å². The molecule has 2 N–H and O–H groups in total. The number of aliphatic hydroxyl groups excluding tert-OH is 1. The Kier molecular flexibility index (Phi) is 6.94. The number of nitrogens with one attached hydrogen (secondary N) is 1.